The van der Waals surface area contributed by atoms with E-state index in [-0.39, 0.29) is 25.1 Å². The number of benzene rings is 2. The molecule has 0 unspecified atom stereocenters. The Morgan fingerprint density at radius 3 is 2.60 bits per heavy atom. The first-order valence-electron chi connectivity index (χ1n) is 15.5. The van der Waals surface area contributed by atoms with Gasteiger partial charge < -0.3 is 25.2 Å². The fourth-order valence-electron chi connectivity index (χ4n) is 8.00. The molecule has 0 radical (unpaired) electrons. The van der Waals surface area contributed by atoms with Crippen LogP contribution in [0.15, 0.2) is 43.0 Å². The van der Waals surface area contributed by atoms with Gasteiger partial charge in [0.2, 0.25) is 5.91 Å². The molecule has 0 aromatic heterocycles. The number of nitrogens with one attached hydrogen (secondary N) is 1. The van der Waals surface area contributed by atoms with Gasteiger partial charge in [0.05, 0.1) is 26.4 Å². The topological polar surface area (TPSA) is 94.5 Å². The number of hydrogen-bond acceptors (Lipinski definition) is 7. The third-order valence-electron chi connectivity index (χ3n) is 10.7. The number of para-hydroxylation sites is 1. The van der Waals surface area contributed by atoms with Crippen molar-refractivity contribution in [1.29, 1.82) is 0 Å². The predicted molar refractivity (Wildman–Crippen MR) is 170 cm³/mol. The van der Waals surface area contributed by atoms with E-state index in [0.717, 1.165) is 34.4 Å². The summed E-state index contributed by atoms with van der Waals surface area (Å²) in [6, 6.07) is 11.5. The van der Waals surface area contributed by atoms with Gasteiger partial charge in [0, 0.05) is 42.9 Å². The summed E-state index contributed by atoms with van der Waals surface area (Å²) in [5.74, 6) is 1.49. The van der Waals surface area contributed by atoms with Gasteiger partial charge in [0.15, 0.2) is 0 Å². The Labute approximate surface area is 256 Å². The number of fused-ring (bicyclic) bond motifs is 2. The fraction of sp³-hybridized carbons (Fsp3) is 0.571. The molecule has 1 amide bonds. The van der Waals surface area contributed by atoms with Crippen molar-refractivity contribution in [3.63, 3.8) is 0 Å². The molecule has 3 saturated carbocycles. The lowest BCUT2D eigenvalue weighted by atomic mass is 9.45. The van der Waals surface area contributed by atoms with Crippen molar-refractivity contribution in [1.82, 2.24) is 10.4 Å². The van der Waals surface area contributed by atoms with Gasteiger partial charge >= 0.3 is 0 Å². The molecule has 3 N–H and O–H groups in total. The molecule has 8 atom stereocenters. The maximum Gasteiger partial charge on any atom is 0.240 e. The van der Waals surface area contributed by atoms with E-state index >= 15 is 0 Å². The Morgan fingerprint density at radius 1 is 1.28 bits per heavy atom. The molecule has 1 saturated heterocycles. The van der Waals surface area contributed by atoms with Crippen molar-refractivity contribution in [2.45, 2.75) is 71.4 Å². The molecule has 2 bridgehead atoms. The normalized spacial score (nSPS) is 30.3. The van der Waals surface area contributed by atoms with Gasteiger partial charge in [-0.05, 0) is 72.3 Å². The number of aliphatic hydroxyl groups excluding tert-OH is 2. The average Bonchev–Trinajstić information content (AvgIpc) is 3.36. The number of hydrogen-bond donors (Lipinski definition) is 3. The van der Waals surface area contributed by atoms with Crippen molar-refractivity contribution in [2.24, 2.45) is 29.1 Å². The second-order valence-electron chi connectivity index (χ2n) is 13.6. The van der Waals surface area contributed by atoms with E-state index in [4.69, 9.17) is 9.57 Å². The average molecular weight is 592 g/mol. The smallest absolute Gasteiger partial charge is 0.240 e. The van der Waals surface area contributed by atoms with Crippen molar-refractivity contribution in [2.75, 3.05) is 32.7 Å². The van der Waals surface area contributed by atoms with Gasteiger partial charge in [-0.3, -0.25) is 9.63 Å². The molecule has 4 aliphatic rings. The highest BCUT2D eigenvalue weighted by Crippen LogP contribution is 2.61. The lowest BCUT2D eigenvalue weighted by Gasteiger charge is -2.62. The van der Waals surface area contributed by atoms with Gasteiger partial charge in [-0.2, -0.15) is 5.06 Å². The first-order chi connectivity index (χ1) is 20.4. The van der Waals surface area contributed by atoms with Gasteiger partial charge in [0.25, 0.3) is 0 Å². The number of methoxy groups -OCH3 is 1. The minimum Gasteiger partial charge on any atom is -0.496 e. The SMILES string of the molecule is C=Cc1cc(-c2cccc(CN3O[C@@H](CO)[C@H]([C@H](C)O)[C@H]3C(=O)N[C@H]3C[C@H]4C[C@@H]([C@@H]3C)C4(C)C)c2OC)cc(N(C)C)c1. The molecule has 6 rings (SSSR count). The number of aliphatic hydroxyl groups is 2. The summed E-state index contributed by atoms with van der Waals surface area (Å²) in [6.45, 7) is 12.5. The second-order valence-corrected chi connectivity index (χ2v) is 13.6. The van der Waals surface area contributed by atoms with Crippen LogP contribution < -0.4 is 15.0 Å². The number of carbonyl (C=O) groups is 1. The van der Waals surface area contributed by atoms with Crippen LogP contribution in [-0.2, 0) is 16.2 Å². The molecule has 4 fully saturated rings. The van der Waals surface area contributed by atoms with Crippen LogP contribution in [0.25, 0.3) is 17.2 Å². The number of rotatable bonds is 10. The van der Waals surface area contributed by atoms with Crippen LogP contribution in [0.3, 0.4) is 0 Å². The number of anilines is 1. The highest BCUT2D eigenvalue weighted by molar-refractivity contribution is 5.83. The summed E-state index contributed by atoms with van der Waals surface area (Å²) in [5, 5.41) is 26.0. The Balaban J connectivity index is 1.45. The zero-order chi connectivity index (χ0) is 31.2. The quantitative estimate of drug-likeness (QED) is 0.368. The van der Waals surface area contributed by atoms with E-state index < -0.39 is 24.2 Å². The maximum atomic E-state index is 14.1. The number of nitrogens with zero attached hydrogens (tertiary/aromatic N) is 2. The molecule has 234 valence electrons. The summed E-state index contributed by atoms with van der Waals surface area (Å²) in [5.41, 5.74) is 5.09. The van der Waals surface area contributed by atoms with E-state index in [0.29, 0.717) is 28.9 Å². The minimum absolute atomic E-state index is 0.0786. The summed E-state index contributed by atoms with van der Waals surface area (Å²) in [6.07, 6.45) is 2.46. The van der Waals surface area contributed by atoms with Gasteiger partial charge in [-0.25, -0.2) is 0 Å². The third-order valence-corrected chi connectivity index (χ3v) is 10.7. The standard InChI is InChI=1S/C35H49N3O5/c1-9-22-13-24(15-26(14-22)37(6)7)27-12-10-11-23(33(27)42-8)18-38-32(31(21(3)40)30(19-39)43-38)34(41)36-29-17-25-16-28(20(29)2)35(25,4)5/h9-15,20-21,25,28-32,39-40H,1,16-19H2,2-8H3,(H,36,41)/t20-,21-,25+,28-,29-,30-,31-,32-/m0/s1. The van der Waals surface area contributed by atoms with E-state index in [2.05, 4.69) is 55.8 Å². The molecule has 1 aliphatic heterocycles. The van der Waals surface area contributed by atoms with Gasteiger partial charge in [-0.15, -0.1) is 0 Å². The highest BCUT2D eigenvalue weighted by Gasteiger charge is 2.57. The molecule has 8 nitrogen and oxygen atoms in total. The van der Waals surface area contributed by atoms with E-state index in [1.165, 1.54) is 6.42 Å². The third kappa shape index (κ3) is 5.70. The Bertz CT molecular complexity index is 1340. The molecule has 8 heteroatoms. The zero-order valence-electron chi connectivity index (χ0n) is 26.7. The highest BCUT2D eigenvalue weighted by atomic mass is 16.7. The lowest BCUT2D eigenvalue weighted by Crippen LogP contribution is -2.62. The van der Waals surface area contributed by atoms with Crippen molar-refractivity contribution >= 4 is 17.7 Å². The summed E-state index contributed by atoms with van der Waals surface area (Å²) in [7, 11) is 5.65. The predicted octanol–water partition coefficient (Wildman–Crippen LogP) is 4.73. The molecule has 3 aliphatic carbocycles. The first-order valence-corrected chi connectivity index (χ1v) is 15.5. The van der Waals surface area contributed by atoms with Crippen LogP contribution in [0, 0.1) is 29.1 Å². The van der Waals surface area contributed by atoms with Crippen LogP contribution in [0.2, 0.25) is 0 Å². The van der Waals surface area contributed by atoms with Crippen molar-refractivity contribution < 1.29 is 24.6 Å². The molecule has 2 aromatic carbocycles. The first kappa shape index (κ1) is 31.5. The molecular weight excluding hydrogens is 542 g/mol. The van der Waals surface area contributed by atoms with Crippen molar-refractivity contribution in [3.8, 4) is 16.9 Å². The van der Waals surface area contributed by atoms with Crippen LogP contribution in [-0.4, -0.2) is 73.3 Å². The summed E-state index contributed by atoms with van der Waals surface area (Å²) < 4.78 is 5.99. The number of carbonyl (C=O) groups excluding carboxylic acids is 1. The largest absolute Gasteiger partial charge is 0.496 e. The van der Waals surface area contributed by atoms with E-state index in [1.54, 1.807) is 19.1 Å². The second kappa shape index (κ2) is 12.2. The Kier molecular flexibility index (Phi) is 8.96. The molecular formula is C35H49N3O5. The molecule has 0 spiro atoms. The Morgan fingerprint density at radius 2 is 2.02 bits per heavy atom. The fourth-order valence-corrected chi connectivity index (χ4v) is 8.00. The molecule has 1 heterocycles. The van der Waals surface area contributed by atoms with Gasteiger partial charge in [0.1, 0.15) is 17.9 Å². The van der Waals surface area contributed by atoms with E-state index in [9.17, 15) is 15.0 Å². The number of ether oxygens (including phenoxy) is 1. The zero-order valence-corrected chi connectivity index (χ0v) is 26.7. The summed E-state index contributed by atoms with van der Waals surface area (Å²) in [4.78, 5) is 22.3. The lowest BCUT2D eigenvalue weighted by molar-refractivity contribution is -0.183. The van der Waals surface area contributed by atoms with Crippen molar-refractivity contribution in [3.05, 3.63) is 54.1 Å². The molecule has 43 heavy (non-hydrogen) atoms. The summed E-state index contributed by atoms with van der Waals surface area (Å²) >= 11 is 0. The number of hydroxylamine groups is 2. The van der Waals surface area contributed by atoms with Crippen LogP contribution >= 0.6 is 0 Å². The van der Waals surface area contributed by atoms with Crippen LogP contribution in [0.4, 0.5) is 5.69 Å². The Hall–Kier alpha value is -2.91. The van der Waals surface area contributed by atoms with Crippen LogP contribution in [0.1, 0.15) is 51.7 Å². The van der Waals surface area contributed by atoms with Gasteiger partial charge in [-0.1, -0.05) is 51.6 Å². The minimum atomic E-state index is -0.853. The van der Waals surface area contributed by atoms with E-state index in [1.807, 2.05) is 38.4 Å². The maximum absolute atomic E-state index is 14.1. The monoisotopic (exact) mass is 591 g/mol. The molecule has 2 aromatic rings. The van der Waals surface area contributed by atoms with Crippen LogP contribution in [0.5, 0.6) is 5.75 Å². The number of amides is 1.